The molecule has 0 bridgehead atoms. The van der Waals surface area contributed by atoms with Crippen LogP contribution in [0.4, 0.5) is 23.0 Å². The van der Waals surface area contributed by atoms with E-state index in [1.165, 1.54) is 12.1 Å². The lowest BCUT2D eigenvalue weighted by molar-refractivity contribution is -0.111. The zero-order valence-corrected chi connectivity index (χ0v) is 25.3. The Bertz CT molecular complexity index is 1710. The predicted molar refractivity (Wildman–Crippen MR) is 168 cm³/mol. The number of aryl methyl sites for hydroxylation is 1. The van der Waals surface area contributed by atoms with Crippen molar-refractivity contribution in [1.29, 1.82) is 0 Å². The monoisotopic (exact) mass is 610 g/mol. The second-order valence-electron chi connectivity index (χ2n) is 9.57. The smallest absolute Gasteiger partial charge is 0.261 e. The van der Waals surface area contributed by atoms with Gasteiger partial charge in [-0.15, -0.1) is 4.91 Å². The summed E-state index contributed by atoms with van der Waals surface area (Å²) in [6.45, 7) is 4.39. The summed E-state index contributed by atoms with van der Waals surface area (Å²) in [5, 5.41) is 11.4. The number of para-hydroxylation sites is 1. The van der Waals surface area contributed by atoms with Crippen LogP contribution < -0.4 is 20.4 Å². The molecular formula is C28H34N8O6S. The van der Waals surface area contributed by atoms with E-state index in [1.807, 2.05) is 50.4 Å². The number of rotatable bonds is 11. The molecule has 2 aromatic heterocycles. The maximum atomic E-state index is 12.2. The number of amides is 1. The number of nitrogens with one attached hydrogen (secondary N) is 2. The largest absolute Gasteiger partial charge is 0.494 e. The Morgan fingerprint density at radius 3 is 2.51 bits per heavy atom. The van der Waals surface area contributed by atoms with Crippen molar-refractivity contribution in [2.24, 2.45) is 12.3 Å². The summed E-state index contributed by atoms with van der Waals surface area (Å²) in [4.78, 5) is 34.9. The number of carbonyl (C=O) groups is 1. The average molecular weight is 611 g/mol. The van der Waals surface area contributed by atoms with Crippen LogP contribution in [0.15, 0.2) is 72.8 Å². The molecule has 14 nitrogen and oxygen atoms in total. The molecule has 228 valence electrons. The van der Waals surface area contributed by atoms with E-state index in [1.54, 1.807) is 18.3 Å². The molecule has 15 heteroatoms. The Labute approximate surface area is 249 Å². The Balaban J connectivity index is 0.000000934. The molecule has 43 heavy (non-hydrogen) atoms. The zero-order chi connectivity index (χ0) is 31.7. The Kier molecular flexibility index (Phi) is 10.9. The van der Waals surface area contributed by atoms with Gasteiger partial charge in [0.25, 0.3) is 10.1 Å². The minimum absolute atomic E-state index is 0.305. The van der Waals surface area contributed by atoms with Crippen LogP contribution in [0, 0.1) is 4.91 Å². The molecule has 0 aliphatic rings. The van der Waals surface area contributed by atoms with E-state index in [4.69, 9.17) is 14.3 Å². The highest BCUT2D eigenvalue weighted by molar-refractivity contribution is 7.85. The molecule has 0 aliphatic heterocycles. The summed E-state index contributed by atoms with van der Waals surface area (Å²) in [5.74, 6) is 0.310. The lowest BCUT2D eigenvalue weighted by Gasteiger charge is -2.23. The van der Waals surface area contributed by atoms with Gasteiger partial charge in [-0.3, -0.25) is 9.35 Å². The number of fused-ring (bicyclic) bond motifs is 1. The van der Waals surface area contributed by atoms with Gasteiger partial charge in [-0.1, -0.05) is 24.8 Å². The maximum Gasteiger partial charge on any atom is 0.261 e. The number of nitroso groups, excluding NO2 is 1. The summed E-state index contributed by atoms with van der Waals surface area (Å²) in [7, 11) is 3.62. The van der Waals surface area contributed by atoms with Crippen LogP contribution in [0.1, 0.15) is 0 Å². The summed E-state index contributed by atoms with van der Waals surface area (Å²) in [5.41, 5.74) is 4.03. The number of benzene rings is 2. The minimum atomic E-state index is -3.67. The van der Waals surface area contributed by atoms with Gasteiger partial charge < -0.3 is 24.8 Å². The molecule has 4 rings (SSSR count). The van der Waals surface area contributed by atoms with Crippen LogP contribution in [0.2, 0.25) is 0 Å². The quantitative estimate of drug-likeness (QED) is 0.0968. The van der Waals surface area contributed by atoms with Gasteiger partial charge in [-0.05, 0) is 38.4 Å². The first-order valence-electron chi connectivity index (χ1n) is 12.8. The van der Waals surface area contributed by atoms with Crippen LogP contribution >= 0.6 is 0 Å². The van der Waals surface area contributed by atoms with Crippen molar-refractivity contribution in [2.45, 2.75) is 0 Å². The van der Waals surface area contributed by atoms with E-state index in [0.29, 0.717) is 48.1 Å². The van der Waals surface area contributed by atoms with Crippen molar-refractivity contribution >= 4 is 49.9 Å². The normalized spacial score (nSPS) is 11.0. The van der Waals surface area contributed by atoms with Gasteiger partial charge in [0.15, 0.2) is 0 Å². The van der Waals surface area contributed by atoms with E-state index in [2.05, 4.69) is 44.2 Å². The molecule has 0 unspecified atom stereocenters. The number of aromatic nitrogens is 3. The van der Waals surface area contributed by atoms with Crippen molar-refractivity contribution in [3.63, 3.8) is 0 Å². The Hall–Kier alpha value is -4.86. The SMILES string of the molecule is C=CC(=O)Nc1cc(Nc2nccc(-c3cn(C)c4ccccc34)n2)c(OC)cc1N(CCN(C)C)N=O.CS(=O)(=O)O. The fourth-order valence-electron chi connectivity index (χ4n) is 4.07. The van der Waals surface area contributed by atoms with Gasteiger partial charge in [0.1, 0.15) is 5.75 Å². The van der Waals surface area contributed by atoms with Gasteiger partial charge in [0, 0.05) is 48.5 Å². The topological polar surface area (TPSA) is 171 Å². The number of hydrogen-bond acceptors (Lipinski definition) is 10. The minimum Gasteiger partial charge on any atom is -0.494 e. The first kappa shape index (κ1) is 32.7. The number of likely N-dealkylation sites (N-methyl/N-ethyl adjacent to an activating group) is 1. The second-order valence-corrected chi connectivity index (χ2v) is 11.0. The van der Waals surface area contributed by atoms with Gasteiger partial charge in [0.2, 0.25) is 11.9 Å². The van der Waals surface area contributed by atoms with Crippen molar-refractivity contribution < 1.29 is 22.5 Å². The van der Waals surface area contributed by atoms with Gasteiger partial charge in [0.05, 0.1) is 48.0 Å². The van der Waals surface area contributed by atoms with E-state index in [0.717, 1.165) is 28.2 Å². The number of methoxy groups -OCH3 is 1. The van der Waals surface area contributed by atoms with Crippen molar-refractivity contribution in [1.82, 2.24) is 19.4 Å². The summed E-state index contributed by atoms with van der Waals surface area (Å²) in [6.07, 6.45) is 5.57. The highest BCUT2D eigenvalue weighted by atomic mass is 32.2. The van der Waals surface area contributed by atoms with Crippen molar-refractivity contribution in [2.75, 3.05) is 56.2 Å². The van der Waals surface area contributed by atoms with E-state index in [-0.39, 0.29) is 0 Å². The molecule has 0 saturated carbocycles. The van der Waals surface area contributed by atoms with Crippen LogP contribution in [0.3, 0.4) is 0 Å². The lowest BCUT2D eigenvalue weighted by Crippen LogP contribution is -2.28. The number of anilines is 4. The average Bonchev–Trinajstić information content (AvgIpc) is 3.29. The number of ether oxygens (including phenoxy) is 1. The molecule has 2 heterocycles. The van der Waals surface area contributed by atoms with Crippen molar-refractivity contribution in [3.8, 4) is 17.0 Å². The van der Waals surface area contributed by atoms with Crippen molar-refractivity contribution in [3.05, 3.63) is 72.4 Å². The molecule has 3 N–H and O–H groups in total. The third-order valence-corrected chi connectivity index (χ3v) is 5.97. The lowest BCUT2D eigenvalue weighted by atomic mass is 10.1. The third kappa shape index (κ3) is 9.06. The molecule has 0 radical (unpaired) electrons. The predicted octanol–water partition coefficient (Wildman–Crippen LogP) is 4.07. The molecule has 2 aromatic carbocycles. The molecule has 0 atom stereocenters. The van der Waals surface area contributed by atoms with Gasteiger partial charge in [-0.2, -0.15) is 8.42 Å². The van der Waals surface area contributed by atoms with Crippen LogP contribution in [0.5, 0.6) is 5.75 Å². The summed E-state index contributed by atoms with van der Waals surface area (Å²) < 4.78 is 33.5. The number of hydrogen-bond donors (Lipinski definition) is 3. The number of carbonyl (C=O) groups excluding carboxylic acids is 1. The fraction of sp³-hybridized carbons (Fsp3) is 0.250. The third-order valence-electron chi connectivity index (χ3n) is 5.97. The first-order valence-corrected chi connectivity index (χ1v) is 14.7. The van der Waals surface area contributed by atoms with E-state index < -0.39 is 16.0 Å². The number of nitrogens with zero attached hydrogens (tertiary/aromatic N) is 6. The molecule has 4 aromatic rings. The summed E-state index contributed by atoms with van der Waals surface area (Å²) in [6, 6.07) is 13.2. The highest BCUT2D eigenvalue weighted by Crippen LogP contribution is 2.39. The molecule has 0 fully saturated rings. The van der Waals surface area contributed by atoms with Crippen LogP contribution in [-0.4, -0.2) is 78.9 Å². The molecule has 0 aliphatic carbocycles. The van der Waals surface area contributed by atoms with Crippen LogP contribution in [-0.2, 0) is 22.0 Å². The highest BCUT2D eigenvalue weighted by Gasteiger charge is 2.19. The maximum absolute atomic E-state index is 12.2. The van der Waals surface area contributed by atoms with E-state index >= 15 is 0 Å². The summed E-state index contributed by atoms with van der Waals surface area (Å²) >= 11 is 0. The first-order chi connectivity index (χ1) is 20.3. The molecule has 1 amide bonds. The second kappa shape index (κ2) is 14.4. The van der Waals surface area contributed by atoms with Gasteiger partial charge >= 0.3 is 0 Å². The molecule has 0 spiro atoms. The fourth-order valence-corrected chi connectivity index (χ4v) is 4.07. The Morgan fingerprint density at radius 1 is 1.19 bits per heavy atom. The zero-order valence-electron chi connectivity index (χ0n) is 24.5. The Morgan fingerprint density at radius 2 is 1.88 bits per heavy atom. The van der Waals surface area contributed by atoms with Gasteiger partial charge in [-0.25, -0.2) is 15.0 Å². The van der Waals surface area contributed by atoms with E-state index in [9.17, 15) is 18.1 Å². The molecular weight excluding hydrogens is 576 g/mol. The molecule has 0 saturated heterocycles. The standard InChI is InChI=1S/C27H30N8O3.CH4O3S/c1-6-26(36)29-21-15-22(25(38-5)16-24(21)35(32-37)14-13-33(2)3)31-27-28-12-11-20(30-27)19-17-34(4)23-10-8-7-9-18(19)23;1-5(2,3)4/h6-12,15-17H,1,13-14H2,2-5H3,(H,29,36)(H,28,30,31);1H3,(H,2,3,4). The van der Waals surface area contributed by atoms with Crippen LogP contribution in [0.25, 0.3) is 22.2 Å².